The average molecular weight is 285 g/mol. The van der Waals surface area contributed by atoms with E-state index in [4.69, 9.17) is 0 Å². The summed E-state index contributed by atoms with van der Waals surface area (Å²) >= 11 is -0.828. The third-order valence-corrected chi connectivity index (χ3v) is 5.63. The molecular formula is CH4O2Sn2. The molecule has 0 radical (unpaired) electrons. The van der Waals surface area contributed by atoms with Crippen LogP contribution in [0.2, 0.25) is 0 Å². The first-order valence-corrected chi connectivity index (χ1v) is 6.46. The molecule has 0 aliphatic heterocycles. The molecule has 0 aliphatic rings. The summed E-state index contributed by atoms with van der Waals surface area (Å²) in [7, 11) is 0. The van der Waals surface area contributed by atoms with Gasteiger partial charge in [-0.05, 0) is 0 Å². The number of rotatable bonds is 1. The van der Waals surface area contributed by atoms with Gasteiger partial charge in [-0.2, -0.15) is 0 Å². The number of carbonyl (C=O) groups excluding carboxylic acids is 1. The molecule has 0 spiro atoms. The summed E-state index contributed by atoms with van der Waals surface area (Å²) in [4.78, 5) is 9.27. The van der Waals surface area contributed by atoms with Crippen LogP contribution in [0, 0.1) is 0 Å². The van der Waals surface area contributed by atoms with E-state index < -0.39 is 21.1 Å². The fraction of sp³-hybridized carbons (Fsp3) is 0. The van der Waals surface area contributed by atoms with E-state index in [1.807, 2.05) is 0 Å². The van der Waals surface area contributed by atoms with E-state index in [1.54, 1.807) is 3.89 Å². The van der Waals surface area contributed by atoms with Crippen molar-refractivity contribution in [2.75, 3.05) is 0 Å². The molecule has 5 heavy (non-hydrogen) atoms. The van der Waals surface area contributed by atoms with Gasteiger partial charge in [0.15, 0.2) is 0 Å². The fourth-order valence-corrected chi connectivity index (χ4v) is 2.17. The van der Waals surface area contributed by atoms with Crippen molar-refractivity contribution in [2.45, 2.75) is 0 Å². The van der Waals surface area contributed by atoms with Gasteiger partial charge in [0.05, 0.1) is 0 Å². The van der Waals surface area contributed by atoms with Crippen LogP contribution in [0.1, 0.15) is 0 Å². The molecule has 0 bridgehead atoms. The van der Waals surface area contributed by atoms with Crippen molar-refractivity contribution in [3.8, 4) is 0 Å². The van der Waals surface area contributed by atoms with Crippen molar-refractivity contribution in [1.29, 1.82) is 0 Å². The van der Waals surface area contributed by atoms with Gasteiger partial charge in [-0.25, -0.2) is 0 Å². The first kappa shape index (κ1) is 6.14. The Balaban J connectivity index is 2.93. The molecule has 0 unspecified atom stereocenters. The Kier molecular flexibility index (Phi) is 6.31. The van der Waals surface area contributed by atoms with Crippen LogP contribution in [0.4, 0.5) is 0 Å². The Bertz CT molecular complexity index is 54.7. The molecule has 0 amide bonds. The molecule has 0 aliphatic carbocycles. The fourth-order valence-electron chi connectivity index (χ4n) is 0.0481. The Morgan fingerprint density at radius 1 is 2.00 bits per heavy atom. The van der Waals surface area contributed by atoms with Gasteiger partial charge in [-0.1, -0.05) is 0 Å². The summed E-state index contributed by atoms with van der Waals surface area (Å²) in [6, 6.07) is 0. The third-order valence-electron chi connectivity index (χ3n) is 0.166. The first-order valence-electron chi connectivity index (χ1n) is 1.14. The van der Waals surface area contributed by atoms with E-state index in [0.29, 0.717) is 22.9 Å². The van der Waals surface area contributed by atoms with Crippen LogP contribution in [0.25, 0.3) is 0 Å². The minimum atomic E-state index is -1.13. The summed E-state index contributed by atoms with van der Waals surface area (Å²) < 4.78 is 6.46. The van der Waals surface area contributed by atoms with Crippen LogP contribution in [-0.4, -0.2) is 47.9 Å². The van der Waals surface area contributed by atoms with Gasteiger partial charge < -0.3 is 0 Å². The van der Waals surface area contributed by atoms with Crippen LogP contribution in [0.15, 0.2) is 0 Å². The van der Waals surface area contributed by atoms with E-state index in [-0.39, 0.29) is 0 Å². The van der Waals surface area contributed by atoms with Crippen LogP contribution in [0.5, 0.6) is 0 Å². The summed E-state index contributed by atoms with van der Waals surface area (Å²) in [6.45, 7) is 0. The van der Waals surface area contributed by atoms with Gasteiger partial charge in [0.1, 0.15) is 0 Å². The van der Waals surface area contributed by atoms with E-state index in [2.05, 4.69) is 1.41 Å². The molecule has 0 saturated carbocycles. The van der Waals surface area contributed by atoms with Crippen molar-refractivity contribution in [3.05, 3.63) is 0 Å². The first-order chi connectivity index (χ1) is 2.41. The Morgan fingerprint density at radius 3 is 2.60 bits per heavy atom. The van der Waals surface area contributed by atoms with Crippen molar-refractivity contribution >= 4 is 47.9 Å². The number of hydrogen-bond acceptors (Lipinski definition) is 2. The van der Waals surface area contributed by atoms with Crippen molar-refractivity contribution in [2.24, 2.45) is 0 Å². The number of hydrogen-bond donors (Lipinski definition) is 0. The molecule has 0 saturated heterocycles. The second-order valence-electron chi connectivity index (χ2n) is 0.471. The quantitative estimate of drug-likeness (QED) is 0.507. The van der Waals surface area contributed by atoms with E-state index in [0.717, 1.165) is 0 Å². The van der Waals surface area contributed by atoms with E-state index >= 15 is 0 Å². The van der Waals surface area contributed by atoms with Crippen molar-refractivity contribution in [3.63, 3.8) is 0 Å². The molecule has 0 heterocycles. The van der Waals surface area contributed by atoms with Crippen LogP contribution >= 0.6 is 0 Å². The zero-order valence-electron chi connectivity index (χ0n) is 2.89. The molecule has 0 N–H and O–H groups in total. The maximum atomic E-state index is 9.27. The molecule has 2 nitrogen and oxygen atoms in total. The van der Waals surface area contributed by atoms with E-state index in [1.165, 1.54) is 0 Å². The molecule has 28 valence electrons. The van der Waals surface area contributed by atoms with Gasteiger partial charge in [-0.15, -0.1) is 0 Å². The SMILES string of the molecule is O=[C]=[SnH][O][SnH3]. The van der Waals surface area contributed by atoms with Crippen molar-refractivity contribution in [1.82, 2.24) is 0 Å². The zero-order valence-corrected chi connectivity index (χ0v) is 11.9. The normalized spacial score (nSPS) is 6.40. The topological polar surface area (TPSA) is 26.3 Å². The van der Waals surface area contributed by atoms with Crippen LogP contribution in [0.3, 0.4) is 0 Å². The molecule has 0 atom stereocenters. The Hall–Kier alpha value is 1.14. The molecule has 0 aromatic carbocycles. The zero-order chi connectivity index (χ0) is 4.12. The van der Waals surface area contributed by atoms with E-state index in [9.17, 15) is 4.79 Å². The van der Waals surface area contributed by atoms with Gasteiger partial charge >= 0.3 is 54.1 Å². The monoisotopic (exact) mass is 288 g/mol. The van der Waals surface area contributed by atoms with Crippen molar-refractivity contribution < 1.29 is 6.21 Å². The minimum absolute atomic E-state index is 0.304. The van der Waals surface area contributed by atoms with Gasteiger partial charge in [-0.3, -0.25) is 0 Å². The summed E-state index contributed by atoms with van der Waals surface area (Å²) in [5.74, 6) is 0. The second kappa shape index (κ2) is 5.14. The van der Waals surface area contributed by atoms with Crippen LogP contribution < -0.4 is 0 Å². The van der Waals surface area contributed by atoms with Gasteiger partial charge in [0, 0.05) is 0 Å². The molecule has 0 fully saturated rings. The Morgan fingerprint density at radius 2 is 2.60 bits per heavy atom. The third kappa shape index (κ3) is 5.14. The van der Waals surface area contributed by atoms with Gasteiger partial charge in [0.2, 0.25) is 0 Å². The molecule has 0 aromatic rings. The molecular weight excluding hydrogens is 281 g/mol. The second-order valence-corrected chi connectivity index (χ2v) is 12.2. The van der Waals surface area contributed by atoms with Gasteiger partial charge in [0.25, 0.3) is 0 Å². The summed E-state index contributed by atoms with van der Waals surface area (Å²) in [5, 5.41) is 0. The molecule has 0 rings (SSSR count). The standard InChI is InChI=1S/CO.O.2Sn.4H/c1-2;;;;;;;. The summed E-state index contributed by atoms with van der Waals surface area (Å²) in [6.07, 6.45) is 0. The maximum absolute atomic E-state index is 9.27. The molecule has 4 heteroatoms. The predicted octanol–water partition coefficient (Wildman–Crippen LogP) is -2.30. The molecule has 0 aromatic heterocycles. The predicted molar refractivity (Wildman–Crippen MR) is 23.9 cm³/mol. The van der Waals surface area contributed by atoms with Crippen LogP contribution in [-0.2, 0) is 6.21 Å². The average Bonchev–Trinajstić information content (AvgIpc) is 1.41. The Labute approximate surface area is 53.8 Å². The summed E-state index contributed by atoms with van der Waals surface area (Å²) in [5.41, 5.74) is 0.